The van der Waals surface area contributed by atoms with Gasteiger partial charge in [-0.25, -0.2) is 5.43 Å². The van der Waals surface area contributed by atoms with Gasteiger partial charge in [-0.05, 0) is 41.0 Å². The van der Waals surface area contributed by atoms with E-state index in [-0.39, 0.29) is 23.3 Å². The van der Waals surface area contributed by atoms with E-state index in [1.165, 1.54) is 0 Å². The van der Waals surface area contributed by atoms with Crippen LogP contribution in [0.2, 0.25) is 0 Å². The van der Waals surface area contributed by atoms with Crippen molar-refractivity contribution in [1.82, 2.24) is 10.3 Å². The van der Waals surface area contributed by atoms with Gasteiger partial charge in [-0.1, -0.05) is 54.6 Å². The first-order chi connectivity index (χ1) is 17.2. The van der Waals surface area contributed by atoms with E-state index >= 15 is 0 Å². The minimum Gasteiger partial charge on any atom is -0.489 e. The molecule has 0 aliphatic carbocycles. The zero-order valence-corrected chi connectivity index (χ0v) is 20.6. The third kappa shape index (κ3) is 5.89. The Morgan fingerprint density at radius 1 is 1.06 bits per heavy atom. The van der Waals surface area contributed by atoms with E-state index in [9.17, 15) is 9.59 Å². The lowest BCUT2D eigenvalue weighted by atomic mass is 10.1. The molecule has 2 heterocycles. The van der Waals surface area contributed by atoms with Crippen LogP contribution in [0.1, 0.15) is 32.4 Å². The van der Waals surface area contributed by atoms with Crippen molar-refractivity contribution in [3.63, 3.8) is 0 Å². The Morgan fingerprint density at radius 3 is 2.60 bits per heavy atom. The van der Waals surface area contributed by atoms with Gasteiger partial charge < -0.3 is 9.64 Å². The van der Waals surface area contributed by atoms with Crippen molar-refractivity contribution in [2.24, 2.45) is 5.10 Å². The van der Waals surface area contributed by atoms with Crippen LogP contribution in [0, 0.1) is 0 Å². The monoisotopic (exact) mass is 503 g/mol. The average Bonchev–Trinajstić information content (AvgIpc) is 3.22. The Hall–Kier alpha value is -3.23. The summed E-state index contributed by atoms with van der Waals surface area (Å²) in [4.78, 5) is 26.9. The Balaban J connectivity index is 1.19. The maximum atomic E-state index is 12.6. The van der Waals surface area contributed by atoms with Crippen LogP contribution < -0.4 is 10.2 Å². The summed E-state index contributed by atoms with van der Waals surface area (Å²) in [7, 11) is 0. The molecule has 1 unspecified atom stereocenters. The van der Waals surface area contributed by atoms with Gasteiger partial charge in [0.15, 0.2) is 0 Å². The highest BCUT2D eigenvalue weighted by atomic mass is 32.2. The van der Waals surface area contributed by atoms with E-state index in [1.54, 1.807) is 30.1 Å². The number of ether oxygens (including phenoxy) is 1. The van der Waals surface area contributed by atoms with Gasteiger partial charge in [-0.2, -0.15) is 16.9 Å². The number of hydrogen-bond donors (Lipinski definition) is 1. The SMILES string of the molecule is O=C(N/N=C/c1cccc(OC2CSC2)c1)c1ccc(C2SCC(=O)N2Cc2ccccc2)cc1. The van der Waals surface area contributed by atoms with Crippen LogP contribution in [-0.2, 0) is 11.3 Å². The lowest BCUT2D eigenvalue weighted by Crippen LogP contribution is -2.31. The lowest BCUT2D eigenvalue weighted by molar-refractivity contribution is -0.128. The molecule has 8 heteroatoms. The number of carbonyl (C=O) groups is 2. The third-order valence-electron chi connectivity index (χ3n) is 5.77. The fourth-order valence-electron chi connectivity index (χ4n) is 3.85. The van der Waals surface area contributed by atoms with Crippen molar-refractivity contribution >= 4 is 41.6 Å². The van der Waals surface area contributed by atoms with Gasteiger partial charge in [-0.3, -0.25) is 9.59 Å². The third-order valence-corrected chi connectivity index (χ3v) is 8.24. The van der Waals surface area contributed by atoms with E-state index in [4.69, 9.17) is 4.74 Å². The molecule has 2 amide bonds. The quantitative estimate of drug-likeness (QED) is 0.356. The number of benzene rings is 3. The predicted molar refractivity (Wildman–Crippen MR) is 142 cm³/mol. The number of carbonyl (C=O) groups excluding carboxylic acids is 2. The normalized spacial score (nSPS) is 18.0. The summed E-state index contributed by atoms with van der Waals surface area (Å²) in [5.74, 6) is 3.15. The summed E-state index contributed by atoms with van der Waals surface area (Å²) in [6.45, 7) is 0.570. The molecule has 5 rings (SSSR count). The van der Waals surface area contributed by atoms with Crippen LogP contribution in [0.15, 0.2) is 84.0 Å². The maximum Gasteiger partial charge on any atom is 0.271 e. The zero-order chi connectivity index (χ0) is 24.0. The van der Waals surface area contributed by atoms with Gasteiger partial charge >= 0.3 is 0 Å². The standard InChI is InChI=1S/C27H25N3O3S2/c31-25-18-35-27(30(25)15-19-5-2-1-3-6-19)22-11-9-21(10-12-22)26(32)29-28-14-20-7-4-8-23(13-20)33-24-16-34-17-24/h1-14,24,27H,15-18H2,(H,29,32)/b28-14+. The summed E-state index contributed by atoms with van der Waals surface area (Å²) in [5.41, 5.74) is 6.04. The average molecular weight is 504 g/mol. The van der Waals surface area contributed by atoms with Gasteiger partial charge in [0, 0.05) is 23.6 Å². The summed E-state index contributed by atoms with van der Waals surface area (Å²) >= 11 is 3.48. The first-order valence-corrected chi connectivity index (χ1v) is 13.6. The molecule has 35 heavy (non-hydrogen) atoms. The molecule has 0 spiro atoms. The number of hydrazone groups is 1. The van der Waals surface area contributed by atoms with Crippen molar-refractivity contribution in [2.45, 2.75) is 18.0 Å². The van der Waals surface area contributed by atoms with E-state index in [1.807, 2.05) is 83.4 Å². The molecule has 2 aliphatic heterocycles. The molecule has 0 saturated carbocycles. The topological polar surface area (TPSA) is 71.0 Å². The minimum absolute atomic E-state index is 0.0640. The molecule has 0 aromatic heterocycles. The molecule has 1 N–H and O–H groups in total. The van der Waals surface area contributed by atoms with Crippen molar-refractivity contribution in [3.05, 3.63) is 101 Å². The smallest absolute Gasteiger partial charge is 0.271 e. The van der Waals surface area contributed by atoms with Crippen LogP contribution in [0.4, 0.5) is 0 Å². The molecular weight excluding hydrogens is 478 g/mol. The molecule has 0 radical (unpaired) electrons. The molecule has 1 atom stereocenters. The maximum absolute atomic E-state index is 12.6. The summed E-state index contributed by atoms with van der Waals surface area (Å²) in [5, 5.41) is 4.04. The first-order valence-electron chi connectivity index (χ1n) is 11.4. The molecular formula is C27H25N3O3S2. The van der Waals surface area contributed by atoms with Crippen LogP contribution in [-0.4, -0.2) is 46.3 Å². The second kappa shape index (κ2) is 11.0. The molecule has 3 aromatic rings. The fraction of sp³-hybridized carbons (Fsp3) is 0.222. The second-order valence-electron chi connectivity index (χ2n) is 8.34. The van der Waals surface area contributed by atoms with Crippen molar-refractivity contribution in [3.8, 4) is 5.75 Å². The predicted octanol–water partition coefficient (Wildman–Crippen LogP) is 4.72. The molecule has 6 nitrogen and oxygen atoms in total. The van der Waals surface area contributed by atoms with E-state index in [2.05, 4.69) is 10.5 Å². The zero-order valence-electron chi connectivity index (χ0n) is 19.0. The van der Waals surface area contributed by atoms with Crippen molar-refractivity contribution in [2.75, 3.05) is 17.3 Å². The Bertz CT molecular complexity index is 1210. The van der Waals surface area contributed by atoms with Gasteiger partial charge in [0.1, 0.15) is 17.2 Å². The number of nitrogens with zero attached hydrogens (tertiary/aromatic N) is 2. The number of nitrogens with one attached hydrogen (secondary N) is 1. The molecule has 2 saturated heterocycles. The van der Waals surface area contributed by atoms with E-state index in [0.29, 0.717) is 17.9 Å². The minimum atomic E-state index is -0.289. The van der Waals surface area contributed by atoms with E-state index < -0.39 is 0 Å². The number of hydrogen-bond acceptors (Lipinski definition) is 6. The highest BCUT2D eigenvalue weighted by Crippen LogP contribution is 2.39. The molecule has 2 fully saturated rings. The van der Waals surface area contributed by atoms with Gasteiger partial charge in [-0.15, -0.1) is 11.8 Å². The summed E-state index contributed by atoms with van der Waals surface area (Å²) in [6, 6.07) is 25.0. The first kappa shape index (κ1) is 23.5. The summed E-state index contributed by atoms with van der Waals surface area (Å²) < 4.78 is 5.89. The van der Waals surface area contributed by atoms with Gasteiger partial charge in [0.25, 0.3) is 5.91 Å². The van der Waals surface area contributed by atoms with Crippen LogP contribution >= 0.6 is 23.5 Å². The molecule has 178 valence electrons. The highest BCUT2D eigenvalue weighted by molar-refractivity contribution is 8.00. The molecule has 2 aliphatic rings. The van der Waals surface area contributed by atoms with Crippen LogP contribution in [0.5, 0.6) is 5.75 Å². The fourth-order valence-corrected chi connectivity index (χ4v) is 5.61. The Morgan fingerprint density at radius 2 is 1.86 bits per heavy atom. The second-order valence-corrected chi connectivity index (χ2v) is 10.5. The summed E-state index contributed by atoms with van der Waals surface area (Å²) in [6.07, 6.45) is 1.89. The van der Waals surface area contributed by atoms with Crippen molar-refractivity contribution < 1.29 is 14.3 Å². The van der Waals surface area contributed by atoms with Crippen LogP contribution in [0.3, 0.4) is 0 Å². The lowest BCUT2D eigenvalue weighted by Gasteiger charge is -2.25. The number of rotatable bonds is 8. The Kier molecular flexibility index (Phi) is 7.39. The van der Waals surface area contributed by atoms with Gasteiger partial charge in [0.2, 0.25) is 5.91 Å². The Labute approximate surface area is 213 Å². The largest absolute Gasteiger partial charge is 0.489 e. The van der Waals surface area contributed by atoms with Crippen molar-refractivity contribution in [1.29, 1.82) is 0 Å². The highest BCUT2D eigenvalue weighted by Gasteiger charge is 2.32. The molecule has 0 bridgehead atoms. The number of thioether (sulfide) groups is 2. The van der Waals surface area contributed by atoms with E-state index in [0.717, 1.165) is 33.9 Å². The molecule has 3 aromatic carbocycles. The number of amides is 2. The van der Waals surface area contributed by atoms with Crippen LogP contribution in [0.25, 0.3) is 0 Å². The van der Waals surface area contributed by atoms with Gasteiger partial charge in [0.05, 0.1) is 12.0 Å².